The van der Waals surface area contributed by atoms with Crippen molar-refractivity contribution in [2.24, 2.45) is 0 Å². The van der Waals surface area contributed by atoms with Crippen LogP contribution >= 0.6 is 11.6 Å². The van der Waals surface area contributed by atoms with Crippen LogP contribution in [0.15, 0.2) is 71.6 Å². The largest absolute Gasteiger partial charge is 0.326 e. The molecule has 0 bridgehead atoms. The maximum Gasteiger partial charge on any atom is 0.238 e. The summed E-state index contributed by atoms with van der Waals surface area (Å²) >= 11 is 6.23. The number of aryl methyl sites for hydroxylation is 1. The lowest BCUT2D eigenvalue weighted by Gasteiger charge is -2.24. The smallest absolute Gasteiger partial charge is 0.238 e. The number of hydrogen-bond donors (Lipinski definition) is 0. The van der Waals surface area contributed by atoms with E-state index in [1.165, 1.54) is 12.1 Å². The molecule has 1 aliphatic carbocycles. The highest BCUT2D eigenvalue weighted by Crippen LogP contribution is 2.53. The number of anilines is 1. The second-order valence-electron chi connectivity index (χ2n) is 10.4. The summed E-state index contributed by atoms with van der Waals surface area (Å²) in [5.41, 5.74) is 2.20. The van der Waals surface area contributed by atoms with E-state index in [0.29, 0.717) is 48.6 Å². The summed E-state index contributed by atoms with van der Waals surface area (Å²) in [4.78, 5) is 20.9. The zero-order chi connectivity index (χ0) is 28.1. The molecule has 3 aromatic carbocycles. The van der Waals surface area contributed by atoms with Gasteiger partial charge in [-0.15, -0.1) is 0 Å². The molecule has 2 heterocycles. The number of hydrogen-bond acceptors (Lipinski definition) is 5. The summed E-state index contributed by atoms with van der Waals surface area (Å²) < 4.78 is 42.4. The number of rotatable bonds is 7. The molecule has 2 atom stereocenters. The second-order valence-corrected chi connectivity index (χ2v) is 13.1. The first-order chi connectivity index (χ1) is 19.2. The van der Waals surface area contributed by atoms with Crippen molar-refractivity contribution < 1.29 is 17.6 Å². The molecular weight excluding hydrogens is 551 g/mol. The number of carbonyl (C=O) groups is 1. The Kier molecular flexibility index (Phi) is 6.64. The fourth-order valence-electron chi connectivity index (χ4n) is 6.25. The zero-order valence-electron chi connectivity index (χ0n) is 21.6. The van der Waals surface area contributed by atoms with Crippen molar-refractivity contribution in [1.29, 1.82) is 5.26 Å². The molecular formula is C30H26ClFN4O3S. The lowest BCUT2D eigenvalue weighted by atomic mass is 9.80. The van der Waals surface area contributed by atoms with Gasteiger partial charge in [0.05, 0.1) is 39.2 Å². The van der Waals surface area contributed by atoms with Crippen LogP contribution < -0.4 is 4.90 Å². The molecule has 6 rings (SSSR count). The number of sulfone groups is 1. The average molecular weight is 577 g/mol. The van der Waals surface area contributed by atoms with Gasteiger partial charge in [-0.3, -0.25) is 4.79 Å². The summed E-state index contributed by atoms with van der Waals surface area (Å²) in [6.07, 6.45) is 1.92. The van der Waals surface area contributed by atoms with Crippen LogP contribution in [0.3, 0.4) is 0 Å². The molecule has 7 nitrogen and oxygen atoms in total. The number of fused-ring (bicyclic) bond motifs is 3. The number of nitrogens with zero attached hydrogens (tertiary/aromatic N) is 4. The van der Waals surface area contributed by atoms with Gasteiger partial charge in [-0.1, -0.05) is 29.8 Å². The molecule has 1 fully saturated rings. The van der Waals surface area contributed by atoms with Gasteiger partial charge in [-0.2, -0.15) is 5.26 Å². The van der Waals surface area contributed by atoms with Gasteiger partial charge in [-0.05, 0) is 79.8 Å². The van der Waals surface area contributed by atoms with Gasteiger partial charge < -0.3 is 9.47 Å². The van der Waals surface area contributed by atoms with E-state index >= 15 is 0 Å². The summed E-state index contributed by atoms with van der Waals surface area (Å²) in [6, 6.07) is 20.1. The Morgan fingerprint density at radius 1 is 1.12 bits per heavy atom. The Hall–Kier alpha value is -3.74. The van der Waals surface area contributed by atoms with E-state index in [9.17, 15) is 17.6 Å². The number of imidazole rings is 1. The minimum absolute atomic E-state index is 0.0660. The van der Waals surface area contributed by atoms with Crippen LogP contribution in [-0.2, 0) is 33.1 Å². The maximum atomic E-state index is 14.3. The topological polar surface area (TPSA) is 96.1 Å². The van der Waals surface area contributed by atoms with Crippen LogP contribution in [0.25, 0.3) is 11.0 Å². The minimum Gasteiger partial charge on any atom is -0.326 e. The van der Waals surface area contributed by atoms with Gasteiger partial charge in [0.1, 0.15) is 11.6 Å². The predicted molar refractivity (Wildman–Crippen MR) is 150 cm³/mol. The highest BCUT2D eigenvalue weighted by Gasteiger charge is 2.56. The van der Waals surface area contributed by atoms with Gasteiger partial charge in [0, 0.05) is 23.7 Å². The molecule has 4 aromatic rings. The van der Waals surface area contributed by atoms with Crippen molar-refractivity contribution in [3.8, 4) is 6.07 Å². The Labute approximate surface area is 236 Å². The molecule has 1 amide bonds. The van der Waals surface area contributed by atoms with E-state index in [-0.39, 0.29) is 23.8 Å². The molecule has 1 spiro atoms. The van der Waals surface area contributed by atoms with Gasteiger partial charge in [0.15, 0.2) is 9.84 Å². The quantitative estimate of drug-likeness (QED) is 0.200. The van der Waals surface area contributed by atoms with E-state index in [1.54, 1.807) is 17.0 Å². The van der Waals surface area contributed by atoms with E-state index in [4.69, 9.17) is 21.8 Å². The van der Waals surface area contributed by atoms with Crippen molar-refractivity contribution in [2.75, 3.05) is 4.90 Å². The van der Waals surface area contributed by atoms with Crippen LogP contribution in [0, 0.1) is 17.1 Å². The highest BCUT2D eigenvalue weighted by atomic mass is 35.5. The summed E-state index contributed by atoms with van der Waals surface area (Å²) in [5, 5.41) is 8.86. The highest BCUT2D eigenvalue weighted by molar-refractivity contribution is 7.92. The molecule has 1 saturated carbocycles. The zero-order valence-corrected chi connectivity index (χ0v) is 23.1. The number of aromatic nitrogens is 2. The lowest BCUT2D eigenvalue weighted by Crippen LogP contribution is -2.39. The van der Waals surface area contributed by atoms with Gasteiger partial charge in [0.2, 0.25) is 5.91 Å². The number of benzene rings is 3. The number of nitriles is 1. The monoisotopic (exact) mass is 576 g/mol. The van der Waals surface area contributed by atoms with E-state index < -0.39 is 26.3 Å². The van der Waals surface area contributed by atoms with Gasteiger partial charge in [0.25, 0.3) is 0 Å². The second kappa shape index (κ2) is 10.0. The first kappa shape index (κ1) is 26.5. The van der Waals surface area contributed by atoms with Crippen molar-refractivity contribution in [3.63, 3.8) is 0 Å². The average Bonchev–Trinajstić information content (AvgIpc) is 3.60. The van der Waals surface area contributed by atoms with Crippen molar-refractivity contribution >= 4 is 44.1 Å². The normalized spacial score (nSPS) is 20.4. The van der Waals surface area contributed by atoms with E-state index in [0.717, 1.165) is 28.9 Å². The van der Waals surface area contributed by atoms with Crippen LogP contribution in [-0.4, -0.2) is 29.1 Å². The van der Waals surface area contributed by atoms with E-state index in [1.807, 2.05) is 34.9 Å². The Morgan fingerprint density at radius 3 is 2.67 bits per heavy atom. The third-order valence-corrected chi connectivity index (χ3v) is 10.6. The van der Waals surface area contributed by atoms with Gasteiger partial charge >= 0.3 is 0 Å². The molecule has 0 N–H and O–H groups in total. The first-order valence-electron chi connectivity index (χ1n) is 13.2. The molecule has 0 radical (unpaired) electrons. The van der Waals surface area contributed by atoms with Crippen molar-refractivity contribution in [2.45, 2.75) is 60.8 Å². The SMILES string of the molecule is N#CCCCn1c(CN2C(=O)C3(CCC(S(=O)(=O)c4ccc(F)cc4)C3)c3ccccc32)nc2cc(Cl)ccc21. The summed E-state index contributed by atoms with van der Waals surface area (Å²) in [5.74, 6) is 0.0290. The van der Waals surface area contributed by atoms with E-state index in [2.05, 4.69) is 6.07 Å². The molecule has 0 saturated heterocycles. The Bertz CT molecular complexity index is 1780. The standard InChI is InChI=1S/C30H26ClFN4O3S/c31-20-7-12-27-25(17-20)34-28(35(27)16-4-3-15-33)19-36-26-6-2-1-5-24(26)30(29(36)37)14-13-23(18-30)40(38,39)22-10-8-21(32)9-11-22/h1-2,5-12,17,23H,3-4,13-14,16,18-19H2. The Morgan fingerprint density at radius 2 is 1.90 bits per heavy atom. The molecule has 204 valence electrons. The van der Waals surface area contributed by atoms with Crippen LogP contribution in [0.1, 0.15) is 43.5 Å². The van der Waals surface area contributed by atoms with Crippen LogP contribution in [0.2, 0.25) is 5.02 Å². The third kappa shape index (κ3) is 4.27. The van der Waals surface area contributed by atoms with Crippen molar-refractivity contribution in [1.82, 2.24) is 9.55 Å². The molecule has 1 aliphatic heterocycles. The molecule has 1 aromatic heterocycles. The molecule has 2 unspecified atom stereocenters. The fourth-order valence-corrected chi connectivity index (χ4v) is 8.25. The molecule has 2 aliphatic rings. The number of carbonyl (C=O) groups excluding carboxylic acids is 1. The number of halogens is 2. The molecule has 10 heteroatoms. The van der Waals surface area contributed by atoms with Crippen LogP contribution in [0.4, 0.5) is 10.1 Å². The van der Waals surface area contributed by atoms with Crippen LogP contribution in [0.5, 0.6) is 0 Å². The summed E-state index contributed by atoms with van der Waals surface area (Å²) in [6.45, 7) is 0.764. The number of unbranched alkanes of at least 4 members (excludes halogenated alkanes) is 1. The van der Waals surface area contributed by atoms with Gasteiger partial charge in [-0.25, -0.2) is 17.8 Å². The first-order valence-corrected chi connectivity index (χ1v) is 15.1. The maximum absolute atomic E-state index is 14.3. The number of amides is 1. The number of para-hydroxylation sites is 1. The Balaban J connectivity index is 1.36. The lowest BCUT2D eigenvalue weighted by molar-refractivity contribution is -0.123. The molecule has 40 heavy (non-hydrogen) atoms. The third-order valence-electron chi connectivity index (χ3n) is 8.17. The fraction of sp³-hybridized carbons (Fsp3) is 0.300. The predicted octanol–water partition coefficient (Wildman–Crippen LogP) is 5.94. The minimum atomic E-state index is -3.75. The van der Waals surface area contributed by atoms with Crippen molar-refractivity contribution in [3.05, 3.63) is 89.0 Å². The summed E-state index contributed by atoms with van der Waals surface area (Å²) in [7, 11) is -3.75.